The van der Waals surface area contributed by atoms with Gasteiger partial charge in [-0.25, -0.2) is 0 Å². The van der Waals surface area contributed by atoms with Crippen LogP contribution < -0.4 is 0 Å². The van der Waals surface area contributed by atoms with E-state index in [2.05, 4.69) is 0 Å². The zero-order valence-electron chi connectivity index (χ0n) is 3.46. The lowest BCUT2D eigenvalue weighted by Gasteiger charge is -1.76. The van der Waals surface area contributed by atoms with Gasteiger partial charge < -0.3 is 14.4 Å². The van der Waals surface area contributed by atoms with Gasteiger partial charge in [-0.05, 0) is 0 Å². The van der Waals surface area contributed by atoms with Gasteiger partial charge in [-0.3, -0.25) is 0 Å². The molecular weight excluding hydrogens is 96.0 g/mol. The third-order valence-corrected chi connectivity index (χ3v) is 0.408. The zero-order valence-corrected chi connectivity index (χ0v) is 3.46. The lowest BCUT2D eigenvalue weighted by Crippen LogP contribution is -1.99. The van der Waals surface area contributed by atoms with Crippen LogP contribution in [0.15, 0.2) is 0 Å². The molecule has 0 N–H and O–H groups in total. The van der Waals surface area contributed by atoms with Crippen LogP contribution >= 0.6 is 0 Å². The van der Waals surface area contributed by atoms with E-state index in [4.69, 9.17) is 0 Å². The van der Waals surface area contributed by atoms with E-state index in [1.165, 1.54) is 0 Å². The molecule has 0 aromatic heterocycles. The van der Waals surface area contributed by atoms with Crippen LogP contribution in [0.1, 0.15) is 0 Å². The summed E-state index contributed by atoms with van der Waals surface area (Å²) in [5.41, 5.74) is 0. The van der Waals surface area contributed by atoms with Crippen LogP contribution in [0, 0.1) is 5.92 Å². The number of aldehydes is 3. The third-order valence-electron chi connectivity index (χ3n) is 0.408. The van der Waals surface area contributed by atoms with Crippen LogP contribution in [-0.4, -0.2) is 18.9 Å². The summed E-state index contributed by atoms with van der Waals surface area (Å²) in [6.07, 6.45) is 0.625. The molecule has 0 fully saturated rings. The van der Waals surface area contributed by atoms with Crippen LogP contribution in [0.4, 0.5) is 0 Å². The van der Waals surface area contributed by atoms with Crippen molar-refractivity contribution in [3.05, 3.63) is 5.92 Å². The minimum Gasteiger partial charge on any atom is -0.302 e. The number of carbonyl (C=O) groups excluding carboxylic acids is 3. The predicted octanol–water partition coefficient (Wildman–Crippen LogP) is -0.842. The van der Waals surface area contributed by atoms with Crippen LogP contribution in [0.3, 0.4) is 0 Å². The smallest absolute Gasteiger partial charge is 0.162 e. The molecule has 0 atom stereocenters. The molecule has 0 aliphatic heterocycles. The molecule has 3 nitrogen and oxygen atoms in total. The molecule has 0 bridgehead atoms. The predicted molar refractivity (Wildman–Crippen MR) is 21.4 cm³/mol. The summed E-state index contributed by atoms with van der Waals surface area (Å²) < 4.78 is 0. The first kappa shape index (κ1) is 6.01. The van der Waals surface area contributed by atoms with Crippen molar-refractivity contribution in [3.63, 3.8) is 0 Å². The van der Waals surface area contributed by atoms with Crippen molar-refractivity contribution in [2.45, 2.75) is 0 Å². The lowest BCUT2D eigenvalue weighted by molar-refractivity contribution is -0.117. The molecule has 0 aliphatic carbocycles. The van der Waals surface area contributed by atoms with E-state index in [0.717, 1.165) is 0 Å². The highest BCUT2D eigenvalue weighted by atomic mass is 16.1. The van der Waals surface area contributed by atoms with E-state index in [1.807, 2.05) is 0 Å². The number of rotatable bonds is 3. The van der Waals surface area contributed by atoms with Gasteiger partial charge in [0.15, 0.2) is 5.92 Å². The van der Waals surface area contributed by atoms with Crippen molar-refractivity contribution >= 4 is 18.9 Å². The number of carbonyl (C=O) groups is 3. The largest absolute Gasteiger partial charge is 0.302 e. The van der Waals surface area contributed by atoms with E-state index in [-0.39, 0.29) is 24.8 Å². The maximum Gasteiger partial charge on any atom is 0.162 e. The van der Waals surface area contributed by atoms with E-state index in [0.29, 0.717) is 0 Å². The monoisotopic (exact) mass is 99.0 g/mol. The van der Waals surface area contributed by atoms with E-state index < -0.39 is 0 Å². The second-order valence-corrected chi connectivity index (χ2v) is 0.854. The Labute approximate surface area is 40.3 Å². The number of hydrogen-bond acceptors (Lipinski definition) is 3. The molecule has 37 valence electrons. The van der Waals surface area contributed by atoms with Gasteiger partial charge in [-0.2, -0.15) is 0 Å². The first-order valence-corrected chi connectivity index (χ1v) is 1.57. The standard InChI is InChI=1S/C4H3O3/c5-1-4(2-6)3-7/h1-3H. The van der Waals surface area contributed by atoms with Gasteiger partial charge in [0.2, 0.25) is 0 Å². The molecule has 1 radical (unpaired) electrons. The number of hydrogen-bond donors (Lipinski definition) is 0. The fourth-order valence-electron chi connectivity index (χ4n) is 0.0833. The van der Waals surface area contributed by atoms with Crippen molar-refractivity contribution in [2.24, 2.45) is 0 Å². The van der Waals surface area contributed by atoms with Gasteiger partial charge in [-0.15, -0.1) is 0 Å². The first-order chi connectivity index (χ1) is 3.35. The van der Waals surface area contributed by atoms with E-state index in [1.54, 1.807) is 0 Å². The minimum absolute atomic E-state index is 0.208. The summed E-state index contributed by atoms with van der Waals surface area (Å²) in [5.74, 6) is -0.361. The molecule has 0 rings (SSSR count). The van der Waals surface area contributed by atoms with Crippen molar-refractivity contribution in [2.75, 3.05) is 0 Å². The highest BCUT2D eigenvalue weighted by Gasteiger charge is 2.00. The maximum atomic E-state index is 9.47. The Hall–Kier alpha value is -0.990. The molecule has 0 unspecified atom stereocenters. The van der Waals surface area contributed by atoms with Gasteiger partial charge in [0, 0.05) is 0 Å². The third kappa shape index (κ3) is 1.81. The summed E-state index contributed by atoms with van der Waals surface area (Å²) in [6, 6.07) is 0. The Balaban J connectivity index is 3.57. The topological polar surface area (TPSA) is 51.2 Å². The van der Waals surface area contributed by atoms with E-state index >= 15 is 0 Å². The maximum absolute atomic E-state index is 9.47. The molecule has 0 spiro atoms. The Morgan fingerprint density at radius 3 is 1.14 bits per heavy atom. The lowest BCUT2D eigenvalue weighted by atomic mass is 10.2. The van der Waals surface area contributed by atoms with Crippen molar-refractivity contribution in [3.8, 4) is 0 Å². The van der Waals surface area contributed by atoms with Gasteiger partial charge in [0.1, 0.15) is 18.9 Å². The summed E-state index contributed by atoms with van der Waals surface area (Å²) in [6.45, 7) is 0. The fraction of sp³-hybridized carbons (Fsp3) is 0. The summed E-state index contributed by atoms with van der Waals surface area (Å²) in [7, 11) is 0. The first-order valence-electron chi connectivity index (χ1n) is 1.57. The van der Waals surface area contributed by atoms with Crippen LogP contribution in [-0.2, 0) is 14.4 Å². The molecule has 0 heterocycles. The van der Waals surface area contributed by atoms with Gasteiger partial charge >= 0.3 is 0 Å². The zero-order chi connectivity index (χ0) is 5.70. The average molecular weight is 99.1 g/mol. The molecule has 0 saturated carbocycles. The molecule has 0 aromatic rings. The Morgan fingerprint density at radius 1 is 0.857 bits per heavy atom. The molecule has 0 saturated heterocycles. The average Bonchev–Trinajstić information content (AvgIpc) is 1.72. The highest BCUT2D eigenvalue weighted by Crippen LogP contribution is 1.77. The summed E-state index contributed by atoms with van der Waals surface area (Å²) in [5, 5.41) is 0. The Morgan fingerprint density at radius 2 is 1.14 bits per heavy atom. The molecule has 3 heteroatoms. The highest BCUT2D eigenvalue weighted by molar-refractivity contribution is 6.13. The quantitative estimate of drug-likeness (QED) is 0.342. The SMILES string of the molecule is O=C[C](C=O)C=O. The molecule has 0 aromatic carbocycles. The summed E-state index contributed by atoms with van der Waals surface area (Å²) in [4.78, 5) is 28.4. The van der Waals surface area contributed by atoms with Crippen molar-refractivity contribution in [1.29, 1.82) is 0 Å². The van der Waals surface area contributed by atoms with Gasteiger partial charge in [0.25, 0.3) is 0 Å². The van der Waals surface area contributed by atoms with Crippen molar-refractivity contribution in [1.82, 2.24) is 0 Å². The molecular formula is C4H3O3. The van der Waals surface area contributed by atoms with E-state index in [9.17, 15) is 14.4 Å². The Kier molecular flexibility index (Phi) is 2.76. The van der Waals surface area contributed by atoms with Gasteiger partial charge in [-0.1, -0.05) is 0 Å². The van der Waals surface area contributed by atoms with Crippen LogP contribution in [0.25, 0.3) is 0 Å². The minimum atomic E-state index is -0.361. The molecule has 0 amide bonds. The second kappa shape index (κ2) is 3.21. The van der Waals surface area contributed by atoms with Crippen LogP contribution in [0.2, 0.25) is 0 Å². The second-order valence-electron chi connectivity index (χ2n) is 0.854. The Bertz CT molecular complexity index is 67.9. The molecule has 0 aliphatic rings. The molecule has 7 heavy (non-hydrogen) atoms. The summed E-state index contributed by atoms with van der Waals surface area (Å²) >= 11 is 0. The van der Waals surface area contributed by atoms with Crippen molar-refractivity contribution < 1.29 is 14.4 Å². The van der Waals surface area contributed by atoms with Gasteiger partial charge in [0.05, 0.1) is 0 Å². The fourth-order valence-corrected chi connectivity index (χ4v) is 0.0833. The normalized spacial score (nSPS) is 8.14. The van der Waals surface area contributed by atoms with Crippen LogP contribution in [0.5, 0.6) is 0 Å².